The summed E-state index contributed by atoms with van der Waals surface area (Å²) in [7, 11) is 0. The lowest BCUT2D eigenvalue weighted by atomic mass is 9.85. The zero-order chi connectivity index (χ0) is 15.3. The third kappa shape index (κ3) is 4.69. The molecule has 0 aliphatic carbocycles. The van der Waals surface area contributed by atoms with E-state index >= 15 is 0 Å². The fraction of sp³-hybridized carbons (Fsp3) is 0.867. The summed E-state index contributed by atoms with van der Waals surface area (Å²) in [4.78, 5) is 18.9. The van der Waals surface area contributed by atoms with E-state index < -0.39 is 0 Å². The van der Waals surface area contributed by atoms with Crippen LogP contribution in [-0.4, -0.2) is 46.9 Å². The maximum absolute atomic E-state index is 12.3. The van der Waals surface area contributed by atoms with Crippen LogP contribution in [0.3, 0.4) is 0 Å². The van der Waals surface area contributed by atoms with Gasteiger partial charge in [0.1, 0.15) is 6.04 Å². The highest BCUT2D eigenvalue weighted by Gasteiger charge is 2.28. The molecule has 0 saturated heterocycles. The summed E-state index contributed by atoms with van der Waals surface area (Å²) in [6.07, 6.45) is 1.11. The van der Waals surface area contributed by atoms with Gasteiger partial charge in [0, 0.05) is 18.8 Å². The third-order valence-corrected chi connectivity index (χ3v) is 4.62. The number of aliphatic imine (C=N–C) groups is 1. The maximum atomic E-state index is 12.3. The molecule has 0 aromatic carbocycles. The van der Waals surface area contributed by atoms with Crippen LogP contribution in [0.4, 0.5) is 0 Å². The van der Waals surface area contributed by atoms with Crippen LogP contribution in [0.5, 0.6) is 0 Å². The van der Waals surface area contributed by atoms with E-state index in [4.69, 9.17) is 4.99 Å². The molecule has 0 saturated carbocycles. The number of hydrogen-bond donors (Lipinski definition) is 1. The summed E-state index contributed by atoms with van der Waals surface area (Å²) < 4.78 is 0. The SMILES string of the molecule is CCN(CC)C(=O)C(C)NC1=NC(C(C)(C)C)CCS1. The molecule has 0 bridgehead atoms. The number of nitrogens with one attached hydrogen (secondary N) is 1. The Bertz CT molecular complexity index is 359. The molecule has 5 heteroatoms. The predicted molar refractivity (Wildman–Crippen MR) is 88.3 cm³/mol. The number of amidine groups is 1. The first-order chi connectivity index (χ1) is 9.29. The lowest BCUT2D eigenvalue weighted by Crippen LogP contribution is -2.47. The second-order valence-electron chi connectivity index (χ2n) is 6.33. The van der Waals surface area contributed by atoms with E-state index in [1.54, 1.807) is 11.8 Å². The molecule has 2 unspecified atom stereocenters. The molecule has 1 heterocycles. The third-order valence-electron chi connectivity index (χ3n) is 3.69. The van der Waals surface area contributed by atoms with E-state index in [-0.39, 0.29) is 17.4 Å². The van der Waals surface area contributed by atoms with Crippen LogP contribution in [-0.2, 0) is 4.79 Å². The van der Waals surface area contributed by atoms with Gasteiger partial charge < -0.3 is 10.2 Å². The van der Waals surface area contributed by atoms with Crippen LogP contribution in [0.2, 0.25) is 0 Å². The Kier molecular flexibility index (Phi) is 6.37. The van der Waals surface area contributed by atoms with Crippen molar-refractivity contribution in [2.24, 2.45) is 10.4 Å². The monoisotopic (exact) mass is 299 g/mol. The molecular weight excluding hydrogens is 270 g/mol. The molecule has 1 aliphatic rings. The molecule has 1 rings (SSSR count). The summed E-state index contributed by atoms with van der Waals surface area (Å²) in [6.45, 7) is 14.1. The minimum Gasteiger partial charge on any atom is -0.353 e. The molecule has 116 valence electrons. The molecule has 0 spiro atoms. The zero-order valence-electron chi connectivity index (χ0n) is 13.7. The first kappa shape index (κ1) is 17.3. The number of carbonyl (C=O) groups excluding carboxylic acids is 1. The number of nitrogens with zero attached hydrogens (tertiary/aromatic N) is 2. The molecular formula is C15H29N3OS. The highest BCUT2D eigenvalue weighted by atomic mass is 32.2. The fourth-order valence-electron chi connectivity index (χ4n) is 2.27. The van der Waals surface area contributed by atoms with Gasteiger partial charge in [-0.3, -0.25) is 9.79 Å². The minimum atomic E-state index is -0.208. The molecule has 4 nitrogen and oxygen atoms in total. The Balaban J connectivity index is 2.67. The quantitative estimate of drug-likeness (QED) is 0.868. The van der Waals surface area contributed by atoms with Gasteiger partial charge in [-0.05, 0) is 32.6 Å². The fourth-order valence-corrected chi connectivity index (χ4v) is 3.27. The van der Waals surface area contributed by atoms with Gasteiger partial charge in [-0.25, -0.2) is 0 Å². The maximum Gasteiger partial charge on any atom is 0.244 e. The normalized spacial score (nSPS) is 21.1. The van der Waals surface area contributed by atoms with Crippen molar-refractivity contribution in [1.82, 2.24) is 10.2 Å². The second kappa shape index (κ2) is 7.34. The Morgan fingerprint density at radius 3 is 2.55 bits per heavy atom. The summed E-state index contributed by atoms with van der Waals surface area (Å²) in [5.74, 6) is 1.22. The van der Waals surface area contributed by atoms with Crippen molar-refractivity contribution in [3.8, 4) is 0 Å². The van der Waals surface area contributed by atoms with E-state index in [2.05, 4.69) is 26.1 Å². The number of likely N-dealkylation sites (N-methyl/N-ethyl adjacent to an activating group) is 1. The first-order valence-corrected chi connectivity index (χ1v) is 8.54. The lowest BCUT2D eigenvalue weighted by Gasteiger charge is -2.32. The van der Waals surface area contributed by atoms with E-state index in [9.17, 15) is 4.79 Å². The second-order valence-corrected chi connectivity index (χ2v) is 7.41. The molecule has 0 radical (unpaired) electrons. The minimum absolute atomic E-state index is 0.149. The van der Waals surface area contributed by atoms with Crippen LogP contribution in [0.1, 0.15) is 48.0 Å². The van der Waals surface area contributed by atoms with E-state index in [0.29, 0.717) is 6.04 Å². The predicted octanol–water partition coefficient (Wildman–Crippen LogP) is 2.74. The van der Waals surface area contributed by atoms with E-state index in [0.717, 1.165) is 30.4 Å². The van der Waals surface area contributed by atoms with Gasteiger partial charge in [-0.2, -0.15) is 0 Å². The summed E-state index contributed by atoms with van der Waals surface area (Å²) >= 11 is 1.72. The van der Waals surface area contributed by atoms with Gasteiger partial charge in [0.15, 0.2) is 5.17 Å². The smallest absolute Gasteiger partial charge is 0.244 e. The lowest BCUT2D eigenvalue weighted by molar-refractivity contribution is -0.132. The summed E-state index contributed by atoms with van der Waals surface area (Å²) in [5.41, 5.74) is 0.181. The molecule has 1 N–H and O–H groups in total. The number of rotatable bonds is 4. The van der Waals surface area contributed by atoms with Crippen molar-refractivity contribution in [3.63, 3.8) is 0 Å². The van der Waals surface area contributed by atoms with Crippen molar-refractivity contribution in [2.45, 2.75) is 60.0 Å². The highest BCUT2D eigenvalue weighted by Crippen LogP contribution is 2.30. The topological polar surface area (TPSA) is 44.7 Å². The molecule has 0 aromatic heterocycles. The highest BCUT2D eigenvalue weighted by molar-refractivity contribution is 8.13. The van der Waals surface area contributed by atoms with Crippen molar-refractivity contribution in [1.29, 1.82) is 0 Å². The molecule has 1 amide bonds. The van der Waals surface area contributed by atoms with Crippen LogP contribution < -0.4 is 5.32 Å². The van der Waals surface area contributed by atoms with Crippen LogP contribution in [0.25, 0.3) is 0 Å². The van der Waals surface area contributed by atoms with Gasteiger partial charge in [-0.15, -0.1) is 0 Å². The molecule has 2 atom stereocenters. The summed E-state index contributed by atoms with van der Waals surface area (Å²) in [6, 6.07) is 0.127. The van der Waals surface area contributed by atoms with Gasteiger partial charge in [0.25, 0.3) is 0 Å². The van der Waals surface area contributed by atoms with Gasteiger partial charge >= 0.3 is 0 Å². The summed E-state index contributed by atoms with van der Waals surface area (Å²) in [5, 5.41) is 4.21. The van der Waals surface area contributed by atoms with Crippen LogP contribution in [0, 0.1) is 5.41 Å². The number of hydrogen-bond acceptors (Lipinski definition) is 4. The standard InChI is InChI=1S/C15H29N3OS/c1-7-18(8-2)13(19)11(3)16-14-17-12(9-10-20-14)15(4,5)6/h11-12H,7-10H2,1-6H3,(H,16,17). The Hall–Kier alpha value is -0.710. The Morgan fingerprint density at radius 2 is 2.05 bits per heavy atom. The van der Waals surface area contributed by atoms with Gasteiger partial charge in [0.05, 0.1) is 6.04 Å². The van der Waals surface area contributed by atoms with Crippen molar-refractivity contribution >= 4 is 22.8 Å². The van der Waals surface area contributed by atoms with Crippen LogP contribution >= 0.6 is 11.8 Å². The Labute approximate surface area is 127 Å². The number of thioether (sulfide) groups is 1. The van der Waals surface area contributed by atoms with Crippen molar-refractivity contribution in [3.05, 3.63) is 0 Å². The molecule has 1 aliphatic heterocycles. The van der Waals surface area contributed by atoms with E-state index in [1.807, 2.05) is 25.7 Å². The van der Waals surface area contributed by atoms with Gasteiger partial charge in [0.2, 0.25) is 5.91 Å². The average Bonchev–Trinajstić information content (AvgIpc) is 2.39. The molecule has 20 heavy (non-hydrogen) atoms. The first-order valence-electron chi connectivity index (χ1n) is 7.55. The number of amides is 1. The van der Waals surface area contributed by atoms with E-state index in [1.165, 1.54) is 0 Å². The largest absolute Gasteiger partial charge is 0.353 e. The molecule has 0 fully saturated rings. The zero-order valence-corrected chi connectivity index (χ0v) is 14.5. The Morgan fingerprint density at radius 1 is 1.45 bits per heavy atom. The molecule has 0 aromatic rings. The van der Waals surface area contributed by atoms with Crippen molar-refractivity contribution in [2.75, 3.05) is 18.8 Å². The van der Waals surface area contributed by atoms with Gasteiger partial charge in [-0.1, -0.05) is 32.5 Å². The van der Waals surface area contributed by atoms with Crippen molar-refractivity contribution < 1.29 is 4.79 Å². The average molecular weight is 299 g/mol. The van der Waals surface area contributed by atoms with Crippen LogP contribution in [0.15, 0.2) is 4.99 Å². The number of carbonyl (C=O) groups is 1.